The van der Waals surface area contributed by atoms with Crippen molar-refractivity contribution in [1.82, 2.24) is 4.90 Å². The van der Waals surface area contributed by atoms with E-state index < -0.39 is 12.3 Å². The second-order valence-corrected chi connectivity index (χ2v) is 4.43. The average Bonchev–Trinajstić information content (AvgIpc) is 2.29. The summed E-state index contributed by atoms with van der Waals surface area (Å²) < 4.78 is 39.7. The minimum Gasteiger partial charge on any atom is -0.481 e. The Hall–Kier alpha value is -1.76. The third-order valence-corrected chi connectivity index (χ3v) is 2.54. The average molecular weight is 291 g/mol. The molecule has 7 heteroatoms. The smallest absolute Gasteiger partial charge is 0.481 e. The number of halogens is 3. The highest BCUT2D eigenvalue weighted by Crippen LogP contribution is 2.22. The molecule has 0 aliphatic heterocycles. The SMILES string of the molecule is CN(CCCC(=O)O)Cc1ccc(OC(F)(F)F)cc1. The molecule has 0 fully saturated rings. The molecule has 0 bridgehead atoms. The zero-order chi connectivity index (χ0) is 15.2. The van der Waals surface area contributed by atoms with Gasteiger partial charge in [0, 0.05) is 13.0 Å². The monoisotopic (exact) mass is 291 g/mol. The van der Waals surface area contributed by atoms with Gasteiger partial charge in [0.25, 0.3) is 0 Å². The van der Waals surface area contributed by atoms with Gasteiger partial charge in [-0.15, -0.1) is 13.2 Å². The van der Waals surface area contributed by atoms with Crippen LogP contribution in [0.4, 0.5) is 13.2 Å². The molecular formula is C13H16F3NO3. The first-order valence-corrected chi connectivity index (χ1v) is 6.01. The molecule has 0 unspecified atom stereocenters. The lowest BCUT2D eigenvalue weighted by Gasteiger charge is -2.16. The van der Waals surface area contributed by atoms with Crippen molar-refractivity contribution in [3.63, 3.8) is 0 Å². The number of hydrogen-bond donors (Lipinski definition) is 1. The summed E-state index contributed by atoms with van der Waals surface area (Å²) in [6, 6.07) is 5.62. The van der Waals surface area contributed by atoms with Crippen LogP contribution in [0, 0.1) is 0 Å². The van der Waals surface area contributed by atoms with Gasteiger partial charge in [-0.2, -0.15) is 0 Å². The molecule has 0 spiro atoms. The normalized spacial score (nSPS) is 11.7. The van der Waals surface area contributed by atoms with E-state index in [1.807, 2.05) is 11.9 Å². The van der Waals surface area contributed by atoms with Crippen molar-refractivity contribution in [2.45, 2.75) is 25.7 Å². The van der Waals surface area contributed by atoms with Crippen LogP contribution in [0.2, 0.25) is 0 Å². The Kier molecular flexibility index (Phi) is 5.82. The highest BCUT2D eigenvalue weighted by molar-refractivity contribution is 5.66. The third kappa shape index (κ3) is 6.98. The quantitative estimate of drug-likeness (QED) is 0.839. The van der Waals surface area contributed by atoms with Crippen LogP contribution in [-0.2, 0) is 11.3 Å². The Morgan fingerprint density at radius 1 is 1.30 bits per heavy atom. The molecule has 20 heavy (non-hydrogen) atoms. The van der Waals surface area contributed by atoms with E-state index in [0.29, 0.717) is 19.5 Å². The molecule has 1 aromatic rings. The maximum absolute atomic E-state index is 12.0. The first-order chi connectivity index (χ1) is 9.26. The lowest BCUT2D eigenvalue weighted by molar-refractivity contribution is -0.274. The van der Waals surface area contributed by atoms with E-state index in [1.165, 1.54) is 12.1 Å². The van der Waals surface area contributed by atoms with Gasteiger partial charge in [-0.3, -0.25) is 4.79 Å². The molecule has 0 amide bonds. The van der Waals surface area contributed by atoms with Crippen molar-refractivity contribution >= 4 is 5.97 Å². The molecular weight excluding hydrogens is 275 g/mol. The summed E-state index contributed by atoms with van der Waals surface area (Å²) in [6.45, 7) is 1.14. The summed E-state index contributed by atoms with van der Waals surface area (Å²) in [6.07, 6.45) is -4.06. The number of benzene rings is 1. The first-order valence-electron chi connectivity index (χ1n) is 6.01. The number of ether oxygens (including phenoxy) is 1. The van der Waals surface area contributed by atoms with Crippen molar-refractivity contribution in [3.05, 3.63) is 29.8 Å². The summed E-state index contributed by atoms with van der Waals surface area (Å²) in [5, 5.41) is 8.52. The molecule has 112 valence electrons. The van der Waals surface area contributed by atoms with Crippen LogP contribution >= 0.6 is 0 Å². The summed E-state index contributed by atoms with van der Waals surface area (Å²) >= 11 is 0. The van der Waals surface area contributed by atoms with Crippen LogP contribution in [0.5, 0.6) is 5.75 Å². The van der Waals surface area contributed by atoms with Crippen molar-refractivity contribution in [3.8, 4) is 5.75 Å². The van der Waals surface area contributed by atoms with E-state index in [0.717, 1.165) is 5.56 Å². The number of nitrogens with zero attached hydrogens (tertiary/aromatic N) is 1. The molecule has 4 nitrogen and oxygen atoms in total. The van der Waals surface area contributed by atoms with Gasteiger partial charge in [-0.05, 0) is 37.7 Å². The fourth-order valence-corrected chi connectivity index (χ4v) is 1.69. The molecule has 1 N–H and O–H groups in total. The molecule has 0 saturated carbocycles. The van der Waals surface area contributed by atoms with E-state index in [9.17, 15) is 18.0 Å². The van der Waals surface area contributed by atoms with Crippen LogP contribution in [0.3, 0.4) is 0 Å². The fraction of sp³-hybridized carbons (Fsp3) is 0.462. The van der Waals surface area contributed by atoms with Gasteiger partial charge >= 0.3 is 12.3 Å². The Bertz CT molecular complexity index is 431. The van der Waals surface area contributed by atoms with Crippen LogP contribution in [0.25, 0.3) is 0 Å². The van der Waals surface area contributed by atoms with Gasteiger partial charge in [-0.25, -0.2) is 0 Å². The zero-order valence-electron chi connectivity index (χ0n) is 11.0. The summed E-state index contributed by atoms with van der Waals surface area (Å²) in [5.74, 6) is -1.10. The second-order valence-electron chi connectivity index (χ2n) is 4.43. The van der Waals surface area contributed by atoms with Crippen molar-refractivity contribution in [1.29, 1.82) is 0 Å². The summed E-state index contributed by atoms with van der Waals surface area (Å²) in [5.41, 5.74) is 0.831. The van der Waals surface area contributed by atoms with E-state index in [2.05, 4.69) is 4.74 Å². The third-order valence-electron chi connectivity index (χ3n) is 2.54. The van der Waals surface area contributed by atoms with Crippen LogP contribution in [-0.4, -0.2) is 35.9 Å². The Balaban J connectivity index is 2.42. The van der Waals surface area contributed by atoms with Gasteiger partial charge in [0.15, 0.2) is 0 Å². The molecule has 0 saturated heterocycles. The van der Waals surface area contributed by atoms with Crippen molar-refractivity contribution < 1.29 is 27.8 Å². The Morgan fingerprint density at radius 3 is 2.40 bits per heavy atom. The number of aliphatic carboxylic acids is 1. The van der Waals surface area contributed by atoms with Crippen molar-refractivity contribution in [2.75, 3.05) is 13.6 Å². The molecule has 1 aromatic carbocycles. The number of alkyl halides is 3. The van der Waals surface area contributed by atoms with Gasteiger partial charge in [-0.1, -0.05) is 12.1 Å². The molecule has 0 aliphatic rings. The molecule has 0 atom stereocenters. The van der Waals surface area contributed by atoms with Crippen LogP contribution in [0.1, 0.15) is 18.4 Å². The minimum atomic E-state index is -4.69. The predicted molar refractivity (Wildman–Crippen MR) is 66.3 cm³/mol. The first kappa shape index (κ1) is 16.3. The second kappa shape index (κ2) is 7.14. The van der Waals surface area contributed by atoms with Gasteiger partial charge in [0.1, 0.15) is 5.75 Å². The van der Waals surface area contributed by atoms with Gasteiger partial charge in [0.05, 0.1) is 0 Å². The van der Waals surface area contributed by atoms with E-state index in [4.69, 9.17) is 5.11 Å². The minimum absolute atomic E-state index is 0.0999. The summed E-state index contributed by atoms with van der Waals surface area (Å²) in [7, 11) is 1.82. The number of hydrogen-bond acceptors (Lipinski definition) is 3. The van der Waals surface area contributed by atoms with E-state index >= 15 is 0 Å². The number of carboxylic acid groups (broad SMARTS) is 1. The Morgan fingerprint density at radius 2 is 1.90 bits per heavy atom. The van der Waals surface area contributed by atoms with Crippen LogP contribution < -0.4 is 4.74 Å². The molecule has 0 radical (unpaired) electrons. The molecule has 1 rings (SSSR count). The zero-order valence-corrected chi connectivity index (χ0v) is 11.0. The maximum Gasteiger partial charge on any atom is 0.573 e. The van der Waals surface area contributed by atoms with Crippen LogP contribution in [0.15, 0.2) is 24.3 Å². The topological polar surface area (TPSA) is 49.8 Å². The standard InChI is InChI=1S/C13H16F3NO3/c1-17(8-2-3-12(18)19)9-10-4-6-11(7-5-10)20-13(14,15)16/h4-7H,2-3,8-9H2,1H3,(H,18,19). The number of rotatable bonds is 7. The lowest BCUT2D eigenvalue weighted by Crippen LogP contribution is -2.20. The molecule has 0 heterocycles. The highest BCUT2D eigenvalue weighted by Gasteiger charge is 2.30. The van der Waals surface area contributed by atoms with Gasteiger partial charge in [0.2, 0.25) is 0 Å². The highest BCUT2D eigenvalue weighted by atomic mass is 19.4. The fourth-order valence-electron chi connectivity index (χ4n) is 1.69. The molecule has 0 aromatic heterocycles. The largest absolute Gasteiger partial charge is 0.573 e. The number of carboxylic acids is 1. The number of carbonyl (C=O) groups is 1. The maximum atomic E-state index is 12.0. The summed E-state index contributed by atoms with van der Waals surface area (Å²) in [4.78, 5) is 12.3. The Labute approximate surface area is 114 Å². The lowest BCUT2D eigenvalue weighted by atomic mass is 10.2. The molecule has 0 aliphatic carbocycles. The van der Waals surface area contributed by atoms with E-state index in [1.54, 1.807) is 12.1 Å². The predicted octanol–water partition coefficient (Wildman–Crippen LogP) is 2.88. The van der Waals surface area contributed by atoms with Crippen molar-refractivity contribution in [2.24, 2.45) is 0 Å². The van der Waals surface area contributed by atoms with E-state index in [-0.39, 0.29) is 12.2 Å². The van der Waals surface area contributed by atoms with Gasteiger partial charge < -0.3 is 14.7 Å².